The van der Waals surface area contributed by atoms with Crippen molar-refractivity contribution >= 4 is 23.8 Å². The van der Waals surface area contributed by atoms with Crippen molar-refractivity contribution in [2.45, 2.75) is 84.7 Å². The van der Waals surface area contributed by atoms with E-state index in [2.05, 4.69) is 11.9 Å². The summed E-state index contributed by atoms with van der Waals surface area (Å²) in [5.41, 5.74) is 2.09. The standard InChI is InChI=1S/C30H41NO5/c1-4-6-7-8-9-10-11-12-21-35-28-19-13-25(14-20-28)23-31-27-17-15-26(16-18-27)30(33)36-24(3)22-29(32)34-5-2/h13-20,23-24H,4-12,21-22H2,1-3H3. The molecule has 0 bridgehead atoms. The van der Waals surface area contributed by atoms with E-state index < -0.39 is 12.1 Å². The largest absolute Gasteiger partial charge is 0.494 e. The van der Waals surface area contributed by atoms with Crippen LogP contribution in [0.1, 0.15) is 94.5 Å². The average molecular weight is 496 g/mol. The molecule has 0 N–H and O–H groups in total. The van der Waals surface area contributed by atoms with Crippen molar-refractivity contribution in [3.8, 4) is 5.75 Å². The fraction of sp³-hybridized carbons (Fsp3) is 0.500. The molecular formula is C30H41NO5. The summed E-state index contributed by atoms with van der Waals surface area (Å²) in [6.45, 7) is 6.70. The highest BCUT2D eigenvalue weighted by atomic mass is 16.6. The van der Waals surface area contributed by atoms with Gasteiger partial charge in [0.1, 0.15) is 11.9 Å². The number of esters is 2. The number of hydrogen-bond acceptors (Lipinski definition) is 6. The molecule has 2 rings (SSSR count). The number of ether oxygens (including phenoxy) is 3. The van der Waals surface area contributed by atoms with Crippen LogP contribution < -0.4 is 4.74 Å². The molecule has 0 amide bonds. The monoisotopic (exact) mass is 495 g/mol. The van der Waals surface area contributed by atoms with Crippen LogP contribution in [0.4, 0.5) is 5.69 Å². The van der Waals surface area contributed by atoms with Gasteiger partial charge in [-0.2, -0.15) is 0 Å². The Morgan fingerprint density at radius 1 is 0.861 bits per heavy atom. The Morgan fingerprint density at radius 2 is 1.50 bits per heavy atom. The van der Waals surface area contributed by atoms with Gasteiger partial charge in [0.05, 0.1) is 30.9 Å². The fourth-order valence-corrected chi connectivity index (χ4v) is 3.66. The summed E-state index contributed by atoms with van der Waals surface area (Å²) < 4.78 is 16.0. The normalized spacial score (nSPS) is 11.9. The van der Waals surface area contributed by atoms with Crippen molar-refractivity contribution in [1.29, 1.82) is 0 Å². The van der Waals surface area contributed by atoms with Crippen LogP contribution in [0, 0.1) is 0 Å². The molecular weight excluding hydrogens is 454 g/mol. The lowest BCUT2D eigenvalue weighted by molar-refractivity contribution is -0.145. The molecule has 0 aliphatic rings. The molecule has 0 saturated heterocycles. The molecule has 0 spiro atoms. The van der Waals surface area contributed by atoms with Crippen LogP contribution in [0.2, 0.25) is 0 Å². The Morgan fingerprint density at radius 3 is 2.14 bits per heavy atom. The zero-order valence-corrected chi connectivity index (χ0v) is 22.0. The lowest BCUT2D eigenvalue weighted by Gasteiger charge is -2.12. The third-order valence-electron chi connectivity index (χ3n) is 5.68. The number of aliphatic imine (C=N–C) groups is 1. The minimum Gasteiger partial charge on any atom is -0.494 e. The lowest BCUT2D eigenvalue weighted by Crippen LogP contribution is -2.20. The van der Waals surface area contributed by atoms with Gasteiger partial charge in [-0.25, -0.2) is 4.79 Å². The summed E-state index contributed by atoms with van der Waals surface area (Å²) in [6.07, 6.45) is 11.6. The van der Waals surface area contributed by atoms with Gasteiger partial charge in [-0.05, 0) is 74.4 Å². The van der Waals surface area contributed by atoms with Crippen LogP contribution >= 0.6 is 0 Å². The zero-order valence-electron chi connectivity index (χ0n) is 22.0. The van der Waals surface area contributed by atoms with E-state index >= 15 is 0 Å². The van der Waals surface area contributed by atoms with Crippen molar-refractivity contribution in [2.24, 2.45) is 4.99 Å². The Kier molecular flexibility index (Phi) is 14.0. The van der Waals surface area contributed by atoms with Gasteiger partial charge in [0.2, 0.25) is 0 Å². The summed E-state index contributed by atoms with van der Waals surface area (Å²) in [4.78, 5) is 28.2. The molecule has 0 aromatic heterocycles. The molecule has 6 heteroatoms. The number of carbonyl (C=O) groups excluding carboxylic acids is 2. The van der Waals surface area contributed by atoms with Gasteiger partial charge in [-0.3, -0.25) is 9.79 Å². The van der Waals surface area contributed by atoms with E-state index in [-0.39, 0.29) is 12.4 Å². The maximum absolute atomic E-state index is 12.3. The summed E-state index contributed by atoms with van der Waals surface area (Å²) in [6, 6.07) is 14.7. The molecule has 0 aliphatic carbocycles. The number of hydrogen-bond donors (Lipinski definition) is 0. The van der Waals surface area contributed by atoms with E-state index in [0.717, 1.165) is 30.0 Å². The predicted molar refractivity (Wildman–Crippen MR) is 144 cm³/mol. The molecule has 2 aromatic carbocycles. The van der Waals surface area contributed by atoms with Gasteiger partial charge in [0, 0.05) is 6.21 Å². The van der Waals surface area contributed by atoms with Crippen LogP contribution in [-0.4, -0.2) is 37.5 Å². The maximum atomic E-state index is 12.3. The summed E-state index contributed by atoms with van der Waals surface area (Å²) in [5.74, 6) is 0.00520. The van der Waals surface area contributed by atoms with Crippen molar-refractivity contribution in [2.75, 3.05) is 13.2 Å². The van der Waals surface area contributed by atoms with Crippen molar-refractivity contribution < 1.29 is 23.8 Å². The Labute approximate surface area is 216 Å². The van der Waals surface area contributed by atoms with Crippen LogP contribution in [0.3, 0.4) is 0 Å². The van der Waals surface area contributed by atoms with Gasteiger partial charge in [0.25, 0.3) is 0 Å². The molecule has 0 saturated carbocycles. The Bertz CT molecular complexity index is 921. The quantitative estimate of drug-likeness (QED) is 0.129. The third kappa shape index (κ3) is 12.0. The van der Waals surface area contributed by atoms with Gasteiger partial charge in [-0.15, -0.1) is 0 Å². The summed E-state index contributed by atoms with van der Waals surface area (Å²) in [7, 11) is 0. The van der Waals surface area contributed by atoms with Crippen LogP contribution in [0.15, 0.2) is 53.5 Å². The highest BCUT2D eigenvalue weighted by Crippen LogP contribution is 2.17. The summed E-state index contributed by atoms with van der Waals surface area (Å²) >= 11 is 0. The number of unbranched alkanes of at least 4 members (excludes halogenated alkanes) is 7. The van der Waals surface area contributed by atoms with E-state index in [1.165, 1.54) is 44.9 Å². The second-order valence-electron chi connectivity index (χ2n) is 8.92. The second kappa shape index (κ2) is 17.3. The highest BCUT2D eigenvalue weighted by molar-refractivity contribution is 5.90. The van der Waals surface area contributed by atoms with E-state index in [9.17, 15) is 9.59 Å². The first-order valence-electron chi connectivity index (χ1n) is 13.3. The molecule has 2 aromatic rings. The Balaban J connectivity index is 1.71. The Hall–Kier alpha value is -3.15. The fourth-order valence-electron chi connectivity index (χ4n) is 3.66. The molecule has 0 aliphatic heterocycles. The van der Waals surface area contributed by atoms with Crippen molar-refractivity contribution in [1.82, 2.24) is 0 Å². The lowest BCUT2D eigenvalue weighted by atomic mass is 10.1. The van der Waals surface area contributed by atoms with E-state index in [1.807, 2.05) is 24.3 Å². The molecule has 196 valence electrons. The molecule has 1 unspecified atom stereocenters. The van der Waals surface area contributed by atoms with Gasteiger partial charge in [-0.1, -0.05) is 51.9 Å². The molecule has 0 heterocycles. The third-order valence-corrected chi connectivity index (χ3v) is 5.68. The SMILES string of the molecule is CCCCCCCCCCOc1ccc(C=Nc2ccc(C(=O)OC(C)CC(=O)OCC)cc2)cc1. The van der Waals surface area contributed by atoms with Crippen molar-refractivity contribution in [3.05, 3.63) is 59.7 Å². The van der Waals surface area contributed by atoms with Gasteiger partial charge >= 0.3 is 11.9 Å². The number of carbonyl (C=O) groups is 2. The molecule has 1 atom stereocenters. The zero-order chi connectivity index (χ0) is 26.0. The number of rotatable bonds is 17. The number of nitrogens with zero attached hydrogens (tertiary/aromatic N) is 1. The predicted octanol–water partition coefficient (Wildman–Crippen LogP) is 7.46. The minimum absolute atomic E-state index is 0.0327. The average Bonchev–Trinajstić information content (AvgIpc) is 2.87. The first-order chi connectivity index (χ1) is 17.5. The molecule has 36 heavy (non-hydrogen) atoms. The minimum atomic E-state index is -0.554. The van der Waals surface area contributed by atoms with Gasteiger partial charge < -0.3 is 14.2 Å². The van der Waals surface area contributed by atoms with Crippen LogP contribution in [-0.2, 0) is 14.3 Å². The second-order valence-corrected chi connectivity index (χ2v) is 8.92. The molecule has 6 nitrogen and oxygen atoms in total. The number of benzene rings is 2. The molecule has 0 fully saturated rings. The van der Waals surface area contributed by atoms with E-state index in [4.69, 9.17) is 14.2 Å². The summed E-state index contributed by atoms with van der Waals surface area (Å²) in [5, 5.41) is 0. The van der Waals surface area contributed by atoms with Crippen LogP contribution in [0.5, 0.6) is 5.75 Å². The van der Waals surface area contributed by atoms with E-state index in [1.54, 1.807) is 44.3 Å². The first kappa shape index (κ1) is 29.1. The molecule has 0 radical (unpaired) electrons. The van der Waals surface area contributed by atoms with E-state index in [0.29, 0.717) is 12.2 Å². The first-order valence-corrected chi connectivity index (χ1v) is 13.3. The van der Waals surface area contributed by atoms with Gasteiger partial charge in [0.15, 0.2) is 0 Å². The highest BCUT2D eigenvalue weighted by Gasteiger charge is 2.16. The maximum Gasteiger partial charge on any atom is 0.338 e. The van der Waals surface area contributed by atoms with Crippen molar-refractivity contribution in [3.63, 3.8) is 0 Å². The smallest absolute Gasteiger partial charge is 0.338 e. The van der Waals surface area contributed by atoms with Crippen LogP contribution in [0.25, 0.3) is 0 Å². The topological polar surface area (TPSA) is 74.2 Å².